The molecule has 0 aliphatic carbocycles. The van der Waals surface area contributed by atoms with Crippen LogP contribution in [0, 0.1) is 0 Å². The molecule has 0 radical (unpaired) electrons. The monoisotopic (exact) mass is 549 g/mol. The first-order valence-electron chi connectivity index (χ1n) is 13.2. The summed E-state index contributed by atoms with van der Waals surface area (Å²) in [5.74, 6) is 1.76. The third-order valence-corrected chi connectivity index (χ3v) is 6.80. The molecular formula is C33H32ClN5O. The molecule has 5 rings (SSSR count). The number of methoxy groups -OCH3 is 1. The molecule has 202 valence electrons. The van der Waals surface area contributed by atoms with Gasteiger partial charge in [0.05, 0.1) is 24.2 Å². The predicted octanol–water partition coefficient (Wildman–Crippen LogP) is 6.94. The van der Waals surface area contributed by atoms with E-state index in [0.29, 0.717) is 32.7 Å². The molecule has 7 heteroatoms. The molecule has 0 fully saturated rings. The Balaban J connectivity index is 1.40. The minimum Gasteiger partial charge on any atom is -0.497 e. The van der Waals surface area contributed by atoms with Gasteiger partial charge in [0.25, 0.3) is 0 Å². The molecule has 0 aliphatic heterocycles. The summed E-state index contributed by atoms with van der Waals surface area (Å²) in [5, 5.41) is 0.728. The number of hydrogen-bond acceptors (Lipinski definition) is 6. The fourth-order valence-corrected chi connectivity index (χ4v) is 4.67. The van der Waals surface area contributed by atoms with Crippen molar-refractivity contribution in [3.05, 3.63) is 149 Å². The molecule has 0 atom stereocenters. The number of ether oxygens (including phenoxy) is 1. The predicted molar refractivity (Wildman–Crippen MR) is 160 cm³/mol. The molecule has 3 aromatic heterocycles. The number of hydrogen-bond donors (Lipinski definition) is 0. The van der Waals surface area contributed by atoms with Gasteiger partial charge in [0.15, 0.2) is 0 Å². The fraction of sp³-hybridized carbons (Fsp3) is 0.182. The number of nitrogens with zero attached hydrogens (tertiary/aromatic N) is 5. The molecule has 0 unspecified atom stereocenters. The standard InChI is InChI=1S/C33H32ClN5O/c1-40-32-17-13-27(14-18-32)22-39(21-26-11-15-28(34)16-12-26)33-10-6-9-31(37-33)25-38(23-29-7-2-4-19-35-29)24-30-8-3-5-20-36-30/h2-20H,21-25H2,1H3. The topological polar surface area (TPSA) is 54.4 Å². The Morgan fingerprint density at radius 2 is 1.15 bits per heavy atom. The van der Waals surface area contributed by atoms with Crippen LogP contribution in [0.25, 0.3) is 0 Å². The quantitative estimate of drug-likeness (QED) is 0.168. The highest BCUT2D eigenvalue weighted by molar-refractivity contribution is 6.30. The van der Waals surface area contributed by atoms with Crippen LogP contribution in [-0.4, -0.2) is 27.0 Å². The Kier molecular flexibility index (Phi) is 9.35. The first-order chi connectivity index (χ1) is 19.6. The minimum atomic E-state index is 0.665. The Morgan fingerprint density at radius 3 is 1.70 bits per heavy atom. The molecule has 0 saturated carbocycles. The Hall–Kier alpha value is -4.26. The van der Waals surface area contributed by atoms with Crippen LogP contribution in [0.1, 0.15) is 28.2 Å². The van der Waals surface area contributed by atoms with Gasteiger partial charge < -0.3 is 9.64 Å². The number of benzene rings is 2. The SMILES string of the molecule is COc1ccc(CN(Cc2ccc(Cl)cc2)c2cccc(CN(Cc3ccccn3)Cc3ccccn3)n2)cc1. The second kappa shape index (κ2) is 13.7. The van der Waals surface area contributed by atoms with Crippen molar-refractivity contribution in [3.8, 4) is 5.75 Å². The first-order valence-corrected chi connectivity index (χ1v) is 13.6. The summed E-state index contributed by atoms with van der Waals surface area (Å²) in [6.07, 6.45) is 3.67. The van der Waals surface area contributed by atoms with Gasteiger partial charge in [0.2, 0.25) is 0 Å². The number of halogens is 1. The minimum absolute atomic E-state index is 0.665. The lowest BCUT2D eigenvalue weighted by Gasteiger charge is -2.26. The smallest absolute Gasteiger partial charge is 0.129 e. The van der Waals surface area contributed by atoms with Crippen molar-refractivity contribution in [2.75, 3.05) is 12.0 Å². The van der Waals surface area contributed by atoms with Crippen LogP contribution in [0.15, 0.2) is 116 Å². The van der Waals surface area contributed by atoms with Gasteiger partial charge in [0, 0.05) is 50.1 Å². The van der Waals surface area contributed by atoms with Gasteiger partial charge in [-0.05, 0) is 71.8 Å². The summed E-state index contributed by atoms with van der Waals surface area (Å²) < 4.78 is 5.35. The van der Waals surface area contributed by atoms with E-state index < -0.39 is 0 Å². The van der Waals surface area contributed by atoms with E-state index in [4.69, 9.17) is 21.3 Å². The lowest BCUT2D eigenvalue weighted by Crippen LogP contribution is -2.26. The zero-order valence-electron chi connectivity index (χ0n) is 22.5. The molecule has 0 amide bonds. The van der Waals surface area contributed by atoms with E-state index in [-0.39, 0.29) is 0 Å². The van der Waals surface area contributed by atoms with Crippen molar-refractivity contribution in [2.45, 2.75) is 32.7 Å². The first kappa shape index (κ1) is 27.3. The highest BCUT2D eigenvalue weighted by atomic mass is 35.5. The molecule has 5 aromatic rings. The normalized spacial score (nSPS) is 11.0. The average molecular weight is 550 g/mol. The fourth-order valence-electron chi connectivity index (χ4n) is 4.55. The Morgan fingerprint density at radius 1 is 0.600 bits per heavy atom. The second-order valence-corrected chi connectivity index (χ2v) is 10.0. The van der Waals surface area contributed by atoms with Gasteiger partial charge in [-0.1, -0.05) is 54.1 Å². The van der Waals surface area contributed by atoms with Crippen molar-refractivity contribution < 1.29 is 4.74 Å². The van der Waals surface area contributed by atoms with E-state index in [1.807, 2.05) is 60.9 Å². The maximum absolute atomic E-state index is 6.16. The van der Waals surface area contributed by atoms with E-state index in [2.05, 4.69) is 74.4 Å². The van der Waals surface area contributed by atoms with Gasteiger partial charge in [-0.3, -0.25) is 14.9 Å². The third kappa shape index (κ3) is 7.88. The molecular weight excluding hydrogens is 518 g/mol. The van der Waals surface area contributed by atoms with Gasteiger partial charge >= 0.3 is 0 Å². The van der Waals surface area contributed by atoms with Crippen molar-refractivity contribution in [1.82, 2.24) is 19.9 Å². The van der Waals surface area contributed by atoms with Crippen LogP contribution >= 0.6 is 11.6 Å². The molecule has 0 spiro atoms. The van der Waals surface area contributed by atoms with Gasteiger partial charge in [-0.25, -0.2) is 4.98 Å². The molecule has 0 aliphatic rings. The molecule has 0 bridgehead atoms. The van der Waals surface area contributed by atoms with Gasteiger partial charge in [-0.2, -0.15) is 0 Å². The van der Waals surface area contributed by atoms with Crippen LogP contribution in [0.3, 0.4) is 0 Å². The highest BCUT2D eigenvalue weighted by Gasteiger charge is 2.14. The Bertz CT molecular complexity index is 1420. The average Bonchev–Trinajstić information content (AvgIpc) is 2.99. The molecule has 2 aromatic carbocycles. The van der Waals surface area contributed by atoms with E-state index in [9.17, 15) is 0 Å². The van der Waals surface area contributed by atoms with Crippen LogP contribution in [0.2, 0.25) is 5.02 Å². The van der Waals surface area contributed by atoms with Crippen LogP contribution in [-0.2, 0) is 32.7 Å². The van der Waals surface area contributed by atoms with Crippen LogP contribution < -0.4 is 9.64 Å². The summed E-state index contributed by atoms with van der Waals surface area (Å²) in [4.78, 5) is 18.8. The lowest BCUT2D eigenvalue weighted by atomic mass is 10.1. The molecule has 6 nitrogen and oxygen atoms in total. The van der Waals surface area contributed by atoms with Crippen molar-refractivity contribution >= 4 is 17.4 Å². The summed E-state index contributed by atoms with van der Waals surface area (Å²) in [5.41, 5.74) is 5.35. The van der Waals surface area contributed by atoms with Gasteiger partial charge in [-0.15, -0.1) is 0 Å². The second-order valence-electron chi connectivity index (χ2n) is 9.61. The summed E-state index contributed by atoms with van der Waals surface area (Å²) in [6.45, 7) is 3.46. The summed E-state index contributed by atoms with van der Waals surface area (Å²) >= 11 is 6.16. The number of anilines is 1. The van der Waals surface area contributed by atoms with Gasteiger partial charge in [0.1, 0.15) is 11.6 Å². The van der Waals surface area contributed by atoms with Crippen LogP contribution in [0.5, 0.6) is 5.75 Å². The molecule has 0 saturated heterocycles. The molecule has 0 N–H and O–H groups in total. The zero-order chi connectivity index (χ0) is 27.6. The van der Waals surface area contributed by atoms with E-state index in [1.54, 1.807) is 7.11 Å². The maximum atomic E-state index is 6.16. The van der Waals surface area contributed by atoms with Crippen LogP contribution in [0.4, 0.5) is 5.82 Å². The highest BCUT2D eigenvalue weighted by Crippen LogP contribution is 2.22. The number of aromatic nitrogens is 3. The van der Waals surface area contributed by atoms with Crippen molar-refractivity contribution in [2.24, 2.45) is 0 Å². The summed E-state index contributed by atoms with van der Waals surface area (Å²) in [7, 11) is 1.68. The van der Waals surface area contributed by atoms with E-state index in [0.717, 1.165) is 39.2 Å². The number of pyridine rings is 3. The molecule has 3 heterocycles. The number of rotatable bonds is 12. The van der Waals surface area contributed by atoms with Crippen molar-refractivity contribution in [1.29, 1.82) is 0 Å². The van der Waals surface area contributed by atoms with Crippen molar-refractivity contribution in [3.63, 3.8) is 0 Å². The Labute approximate surface area is 240 Å². The third-order valence-electron chi connectivity index (χ3n) is 6.54. The molecule has 40 heavy (non-hydrogen) atoms. The zero-order valence-corrected chi connectivity index (χ0v) is 23.3. The summed E-state index contributed by atoms with van der Waals surface area (Å²) in [6, 6.07) is 34.4. The largest absolute Gasteiger partial charge is 0.497 e. The maximum Gasteiger partial charge on any atom is 0.129 e. The van der Waals surface area contributed by atoms with E-state index >= 15 is 0 Å². The van der Waals surface area contributed by atoms with E-state index in [1.165, 1.54) is 5.56 Å². The lowest BCUT2D eigenvalue weighted by molar-refractivity contribution is 0.239.